The highest BCUT2D eigenvalue weighted by Crippen LogP contribution is 2.57. The first-order valence-electron chi connectivity index (χ1n) is 12.4. The highest BCUT2D eigenvalue weighted by atomic mass is 15.2. The fourth-order valence-corrected chi connectivity index (χ4v) is 5.70. The molecule has 0 bridgehead atoms. The zero-order chi connectivity index (χ0) is 23.8. The predicted octanol–water partition coefficient (Wildman–Crippen LogP) is 8.98. The van der Waals surface area contributed by atoms with Gasteiger partial charge >= 0.3 is 0 Å². The van der Waals surface area contributed by atoms with Gasteiger partial charge in [0, 0.05) is 5.69 Å². The molecule has 0 radical (unpaired) electrons. The van der Waals surface area contributed by atoms with Crippen molar-refractivity contribution in [3.63, 3.8) is 0 Å². The average molecular weight is 452 g/mol. The van der Waals surface area contributed by atoms with Crippen molar-refractivity contribution >= 4 is 17.1 Å². The summed E-state index contributed by atoms with van der Waals surface area (Å²) >= 11 is 0. The van der Waals surface area contributed by atoms with E-state index in [1.165, 1.54) is 44.9 Å². The number of hydrogen-bond acceptors (Lipinski definition) is 1. The molecular formula is C34H29N. The van der Waals surface area contributed by atoms with Crippen molar-refractivity contribution in [2.75, 3.05) is 4.90 Å². The molecule has 1 aliphatic rings. The van der Waals surface area contributed by atoms with E-state index in [4.69, 9.17) is 0 Å². The van der Waals surface area contributed by atoms with Crippen molar-refractivity contribution in [1.82, 2.24) is 0 Å². The van der Waals surface area contributed by atoms with Crippen LogP contribution in [0.15, 0.2) is 133 Å². The molecule has 1 aliphatic heterocycles. The summed E-state index contributed by atoms with van der Waals surface area (Å²) < 4.78 is 0. The van der Waals surface area contributed by atoms with Crippen LogP contribution in [0.25, 0.3) is 0 Å². The fraction of sp³-hybridized carbons (Fsp3) is 0.118. The van der Waals surface area contributed by atoms with Gasteiger partial charge in [-0.1, -0.05) is 123 Å². The molecule has 0 fully saturated rings. The molecule has 1 heteroatoms. The predicted molar refractivity (Wildman–Crippen MR) is 147 cm³/mol. The van der Waals surface area contributed by atoms with Gasteiger partial charge in [-0.05, 0) is 58.0 Å². The first kappa shape index (κ1) is 21.4. The number of para-hydroxylation sites is 2. The Morgan fingerprint density at radius 2 is 0.914 bits per heavy atom. The Morgan fingerprint density at radius 1 is 0.486 bits per heavy atom. The highest BCUT2D eigenvalue weighted by Gasteiger charge is 2.46. The minimum absolute atomic E-state index is 0.413. The van der Waals surface area contributed by atoms with Gasteiger partial charge in [0.15, 0.2) is 0 Å². The maximum atomic E-state index is 2.43. The van der Waals surface area contributed by atoms with Crippen LogP contribution in [0.4, 0.5) is 17.1 Å². The molecule has 35 heavy (non-hydrogen) atoms. The molecule has 0 aliphatic carbocycles. The molecule has 0 spiro atoms. The monoisotopic (exact) mass is 451 g/mol. The zero-order valence-electron chi connectivity index (χ0n) is 20.2. The number of rotatable bonds is 4. The maximum Gasteiger partial charge on any atom is 0.0742 e. The Hall–Kier alpha value is -4.10. The summed E-state index contributed by atoms with van der Waals surface area (Å²) in [7, 11) is 0. The number of anilines is 3. The van der Waals surface area contributed by atoms with Crippen LogP contribution >= 0.6 is 0 Å². The lowest BCUT2D eigenvalue weighted by molar-refractivity contribution is 0.731. The number of hydrogen-bond donors (Lipinski definition) is 0. The third-order valence-corrected chi connectivity index (χ3v) is 7.33. The molecule has 170 valence electrons. The lowest BCUT2D eigenvalue weighted by atomic mass is 9.62. The fourth-order valence-electron chi connectivity index (χ4n) is 5.70. The van der Waals surface area contributed by atoms with Gasteiger partial charge in [0.05, 0.1) is 16.8 Å². The minimum atomic E-state index is -0.413. The molecule has 5 aromatic rings. The third-order valence-electron chi connectivity index (χ3n) is 7.33. The third kappa shape index (κ3) is 3.31. The summed E-state index contributed by atoms with van der Waals surface area (Å²) in [5, 5.41) is 0. The van der Waals surface area contributed by atoms with E-state index >= 15 is 0 Å². The lowest BCUT2D eigenvalue weighted by Crippen LogP contribution is -2.37. The number of nitrogens with zero attached hydrogens (tertiary/aromatic N) is 1. The summed E-state index contributed by atoms with van der Waals surface area (Å²) in [4.78, 5) is 2.43. The molecule has 0 aromatic heterocycles. The molecule has 0 saturated carbocycles. The van der Waals surface area contributed by atoms with Gasteiger partial charge in [-0.2, -0.15) is 0 Å². The van der Waals surface area contributed by atoms with E-state index in [2.05, 4.69) is 152 Å². The van der Waals surface area contributed by atoms with Crippen LogP contribution in [-0.4, -0.2) is 0 Å². The molecule has 0 N–H and O–H groups in total. The van der Waals surface area contributed by atoms with Crippen LogP contribution in [0.2, 0.25) is 0 Å². The quantitative estimate of drug-likeness (QED) is 0.258. The number of benzene rings is 5. The Balaban J connectivity index is 1.70. The maximum absolute atomic E-state index is 2.43. The van der Waals surface area contributed by atoms with Crippen LogP contribution in [-0.2, 0) is 5.41 Å². The van der Waals surface area contributed by atoms with Gasteiger partial charge in [0.2, 0.25) is 0 Å². The lowest BCUT2D eigenvalue weighted by Gasteiger charge is -2.46. The minimum Gasteiger partial charge on any atom is -0.310 e. The second-order valence-corrected chi connectivity index (χ2v) is 9.60. The SMILES string of the molecule is CC(C)c1ccc(N2c3ccccc3C(c3ccccc3)(c3ccccc3)c3ccccc32)cc1. The van der Waals surface area contributed by atoms with Crippen molar-refractivity contribution in [1.29, 1.82) is 0 Å². The second kappa shape index (κ2) is 8.60. The van der Waals surface area contributed by atoms with E-state index in [9.17, 15) is 0 Å². The molecule has 6 rings (SSSR count). The first-order chi connectivity index (χ1) is 17.2. The largest absolute Gasteiger partial charge is 0.310 e. The molecule has 1 nitrogen and oxygen atoms in total. The van der Waals surface area contributed by atoms with Crippen molar-refractivity contribution in [3.05, 3.63) is 161 Å². The Bertz CT molecular complexity index is 1360. The van der Waals surface area contributed by atoms with E-state index in [-0.39, 0.29) is 0 Å². The average Bonchev–Trinajstić information content (AvgIpc) is 2.93. The van der Waals surface area contributed by atoms with E-state index in [1.807, 2.05) is 0 Å². The van der Waals surface area contributed by atoms with Crippen LogP contribution < -0.4 is 4.90 Å². The van der Waals surface area contributed by atoms with Crippen LogP contribution in [0.3, 0.4) is 0 Å². The van der Waals surface area contributed by atoms with Crippen LogP contribution in [0.5, 0.6) is 0 Å². The van der Waals surface area contributed by atoms with Crippen LogP contribution in [0, 0.1) is 0 Å². The van der Waals surface area contributed by atoms with Gasteiger partial charge in [0.1, 0.15) is 0 Å². The summed E-state index contributed by atoms with van der Waals surface area (Å²) in [6.07, 6.45) is 0. The molecule has 0 atom stereocenters. The van der Waals surface area contributed by atoms with E-state index in [0.717, 1.165) is 0 Å². The number of fused-ring (bicyclic) bond motifs is 2. The summed E-state index contributed by atoms with van der Waals surface area (Å²) in [5.41, 5.74) is 9.71. The summed E-state index contributed by atoms with van der Waals surface area (Å²) in [6, 6.07) is 48.8. The standard InChI is InChI=1S/C34H29N/c1-25(2)26-21-23-29(24-22-26)35-32-19-11-9-17-30(32)34(27-13-5-3-6-14-27,28-15-7-4-8-16-28)31-18-10-12-20-33(31)35/h3-25H,1-2H3. The Kier molecular flexibility index (Phi) is 5.26. The van der Waals surface area contributed by atoms with Crippen molar-refractivity contribution in [2.45, 2.75) is 25.2 Å². The zero-order valence-corrected chi connectivity index (χ0v) is 20.2. The van der Waals surface area contributed by atoms with E-state index in [0.29, 0.717) is 5.92 Å². The Morgan fingerprint density at radius 3 is 1.37 bits per heavy atom. The van der Waals surface area contributed by atoms with Gasteiger partial charge in [-0.15, -0.1) is 0 Å². The molecule has 5 aromatic carbocycles. The highest BCUT2D eigenvalue weighted by molar-refractivity contribution is 5.89. The molecule has 0 amide bonds. The molecule has 1 heterocycles. The van der Waals surface area contributed by atoms with Gasteiger partial charge in [-0.3, -0.25) is 0 Å². The van der Waals surface area contributed by atoms with Crippen molar-refractivity contribution in [2.24, 2.45) is 0 Å². The molecular weight excluding hydrogens is 422 g/mol. The normalized spacial score (nSPS) is 13.9. The molecule has 0 unspecified atom stereocenters. The smallest absolute Gasteiger partial charge is 0.0742 e. The van der Waals surface area contributed by atoms with Crippen LogP contribution in [0.1, 0.15) is 47.6 Å². The van der Waals surface area contributed by atoms with Crippen molar-refractivity contribution in [3.8, 4) is 0 Å². The van der Waals surface area contributed by atoms with Crippen molar-refractivity contribution < 1.29 is 0 Å². The molecule has 0 saturated heterocycles. The van der Waals surface area contributed by atoms with Gasteiger partial charge in [0.25, 0.3) is 0 Å². The van der Waals surface area contributed by atoms with E-state index in [1.54, 1.807) is 0 Å². The second-order valence-electron chi connectivity index (χ2n) is 9.60. The first-order valence-corrected chi connectivity index (χ1v) is 12.4. The van der Waals surface area contributed by atoms with E-state index < -0.39 is 5.41 Å². The summed E-state index contributed by atoms with van der Waals surface area (Å²) in [6.45, 7) is 4.49. The summed E-state index contributed by atoms with van der Waals surface area (Å²) in [5.74, 6) is 0.508. The topological polar surface area (TPSA) is 3.24 Å². The van der Waals surface area contributed by atoms with Gasteiger partial charge < -0.3 is 4.90 Å². The van der Waals surface area contributed by atoms with Gasteiger partial charge in [-0.25, -0.2) is 0 Å². The Labute approximate surface area is 208 Å².